The molecule has 1 N–H and O–H groups in total. The van der Waals surface area contributed by atoms with Gasteiger partial charge in [0, 0.05) is 19.4 Å². The number of methoxy groups -OCH3 is 1. The molecule has 6 nitrogen and oxygen atoms in total. The van der Waals surface area contributed by atoms with Gasteiger partial charge in [0.25, 0.3) is 0 Å². The normalized spacial score (nSPS) is 14.4. The van der Waals surface area contributed by atoms with Crippen LogP contribution in [-0.4, -0.2) is 42.8 Å². The Morgan fingerprint density at radius 2 is 1.81 bits per heavy atom. The van der Waals surface area contributed by atoms with Gasteiger partial charge in [0.1, 0.15) is 12.3 Å². The second-order valence-electron chi connectivity index (χ2n) is 4.82. The van der Waals surface area contributed by atoms with E-state index >= 15 is 0 Å². The monoisotopic (exact) mass is 290 g/mol. The first-order valence-corrected chi connectivity index (χ1v) is 6.83. The van der Waals surface area contributed by atoms with Crippen molar-refractivity contribution in [1.82, 2.24) is 10.2 Å². The lowest BCUT2D eigenvalue weighted by molar-refractivity contribution is -0.142. The number of hydrogen-bond acceptors (Lipinski definition) is 4. The van der Waals surface area contributed by atoms with Crippen molar-refractivity contribution in [2.45, 2.75) is 19.3 Å². The van der Waals surface area contributed by atoms with Crippen LogP contribution in [0.1, 0.15) is 18.4 Å². The number of nitrogens with zero attached hydrogens (tertiary/aromatic N) is 1. The van der Waals surface area contributed by atoms with Crippen molar-refractivity contribution in [3.05, 3.63) is 29.8 Å². The van der Waals surface area contributed by atoms with Crippen molar-refractivity contribution < 1.29 is 19.1 Å². The van der Waals surface area contributed by atoms with Crippen LogP contribution in [0.5, 0.6) is 5.75 Å². The first-order valence-electron chi connectivity index (χ1n) is 6.83. The molecule has 1 saturated heterocycles. The molecule has 3 amide bonds. The molecule has 1 aromatic rings. The Hall–Kier alpha value is -2.37. The van der Waals surface area contributed by atoms with Crippen LogP contribution >= 0.6 is 0 Å². The quantitative estimate of drug-likeness (QED) is 0.774. The summed E-state index contributed by atoms with van der Waals surface area (Å²) >= 11 is 0. The highest BCUT2D eigenvalue weighted by Crippen LogP contribution is 2.12. The van der Waals surface area contributed by atoms with Crippen LogP contribution in [-0.2, 0) is 20.8 Å². The van der Waals surface area contributed by atoms with E-state index in [4.69, 9.17) is 4.74 Å². The van der Waals surface area contributed by atoms with Gasteiger partial charge in [-0.1, -0.05) is 12.1 Å². The molecule has 1 fully saturated rings. The first-order chi connectivity index (χ1) is 10.1. The molecule has 6 heteroatoms. The summed E-state index contributed by atoms with van der Waals surface area (Å²) in [6.07, 6.45) is 1.09. The summed E-state index contributed by atoms with van der Waals surface area (Å²) in [5.74, 6) is -0.0726. The molecule has 1 aliphatic rings. The molecule has 0 atom stereocenters. The lowest BCUT2D eigenvalue weighted by Gasteiger charge is -2.13. The fourth-order valence-corrected chi connectivity index (χ4v) is 2.14. The van der Waals surface area contributed by atoms with E-state index in [0.29, 0.717) is 13.0 Å². The molecule has 112 valence electrons. The Morgan fingerprint density at radius 3 is 2.38 bits per heavy atom. The Morgan fingerprint density at radius 1 is 1.19 bits per heavy atom. The SMILES string of the molecule is COc1ccc(CCNC(=O)CN2C(=O)CCC2=O)cc1. The van der Waals surface area contributed by atoms with Crippen LogP contribution in [0, 0.1) is 0 Å². The van der Waals surface area contributed by atoms with Crippen molar-refractivity contribution in [2.24, 2.45) is 0 Å². The van der Waals surface area contributed by atoms with Gasteiger partial charge in [-0.05, 0) is 24.1 Å². The molecule has 0 unspecified atom stereocenters. The summed E-state index contributed by atoms with van der Waals surface area (Å²) < 4.78 is 5.07. The Kier molecular flexibility index (Phi) is 4.92. The van der Waals surface area contributed by atoms with Crippen molar-refractivity contribution in [1.29, 1.82) is 0 Å². The van der Waals surface area contributed by atoms with Gasteiger partial charge in [0.2, 0.25) is 17.7 Å². The summed E-state index contributed by atoms with van der Waals surface area (Å²) in [6, 6.07) is 7.58. The van der Waals surface area contributed by atoms with Gasteiger partial charge in [0.05, 0.1) is 7.11 Å². The molecule has 1 aromatic carbocycles. The number of rotatable bonds is 6. The van der Waals surface area contributed by atoms with E-state index < -0.39 is 0 Å². The lowest BCUT2D eigenvalue weighted by atomic mass is 10.1. The van der Waals surface area contributed by atoms with Crippen molar-refractivity contribution >= 4 is 17.7 Å². The molecule has 21 heavy (non-hydrogen) atoms. The zero-order valence-corrected chi connectivity index (χ0v) is 11.9. The minimum absolute atomic E-state index is 0.180. The third kappa shape index (κ3) is 4.05. The van der Waals surface area contributed by atoms with E-state index in [2.05, 4.69) is 5.32 Å². The largest absolute Gasteiger partial charge is 0.497 e. The number of carbonyl (C=O) groups excluding carboxylic acids is 3. The van der Waals surface area contributed by atoms with E-state index in [1.54, 1.807) is 7.11 Å². The first kappa shape index (κ1) is 15.0. The predicted octanol–water partition coefficient (Wildman–Crippen LogP) is 0.503. The summed E-state index contributed by atoms with van der Waals surface area (Å²) in [6.45, 7) is 0.279. The fourth-order valence-electron chi connectivity index (χ4n) is 2.14. The number of imide groups is 1. The number of hydrogen-bond donors (Lipinski definition) is 1. The van der Waals surface area contributed by atoms with E-state index in [0.717, 1.165) is 16.2 Å². The summed E-state index contributed by atoms with van der Waals surface area (Å²) in [5, 5.41) is 2.71. The number of benzene rings is 1. The maximum atomic E-state index is 11.7. The number of likely N-dealkylation sites (tertiary alicyclic amines) is 1. The van der Waals surface area contributed by atoms with Gasteiger partial charge in [-0.15, -0.1) is 0 Å². The Balaban J connectivity index is 1.73. The van der Waals surface area contributed by atoms with E-state index in [1.807, 2.05) is 24.3 Å². The average molecular weight is 290 g/mol. The highest BCUT2D eigenvalue weighted by atomic mass is 16.5. The van der Waals surface area contributed by atoms with Crippen LogP contribution in [0.3, 0.4) is 0 Å². The topological polar surface area (TPSA) is 75.7 Å². The molecule has 0 bridgehead atoms. The van der Waals surface area contributed by atoms with Crippen LogP contribution in [0.4, 0.5) is 0 Å². The van der Waals surface area contributed by atoms with Crippen LogP contribution in [0.2, 0.25) is 0 Å². The molecule has 0 saturated carbocycles. The summed E-state index contributed by atoms with van der Waals surface area (Å²) in [4.78, 5) is 35.5. The predicted molar refractivity (Wildman–Crippen MR) is 75.7 cm³/mol. The number of amides is 3. The third-order valence-corrected chi connectivity index (χ3v) is 3.35. The molecule has 2 rings (SSSR count). The van der Waals surface area contributed by atoms with Crippen LogP contribution in [0.15, 0.2) is 24.3 Å². The zero-order valence-electron chi connectivity index (χ0n) is 11.9. The molecule has 0 aromatic heterocycles. The maximum Gasteiger partial charge on any atom is 0.240 e. The molecule has 0 aliphatic carbocycles. The molecular formula is C15H18N2O4. The third-order valence-electron chi connectivity index (χ3n) is 3.35. The average Bonchev–Trinajstić information content (AvgIpc) is 2.80. The minimum Gasteiger partial charge on any atom is -0.497 e. The van der Waals surface area contributed by atoms with Crippen molar-refractivity contribution in [3.63, 3.8) is 0 Å². The van der Waals surface area contributed by atoms with Gasteiger partial charge in [-0.3, -0.25) is 19.3 Å². The number of ether oxygens (including phenoxy) is 1. The summed E-state index contributed by atoms with van der Waals surface area (Å²) in [7, 11) is 1.61. The smallest absolute Gasteiger partial charge is 0.240 e. The van der Waals surface area contributed by atoms with Crippen LogP contribution < -0.4 is 10.1 Å². The highest BCUT2D eigenvalue weighted by Gasteiger charge is 2.30. The molecule has 0 spiro atoms. The standard InChI is InChI=1S/C15H18N2O4/c1-21-12-4-2-11(3-5-12)8-9-16-13(18)10-17-14(19)6-7-15(17)20/h2-5H,6-10H2,1H3,(H,16,18). The molecule has 1 heterocycles. The zero-order chi connectivity index (χ0) is 15.2. The highest BCUT2D eigenvalue weighted by molar-refractivity contribution is 6.04. The fraction of sp³-hybridized carbons (Fsp3) is 0.400. The Bertz CT molecular complexity index is 523. The van der Waals surface area contributed by atoms with Gasteiger partial charge in [-0.2, -0.15) is 0 Å². The second kappa shape index (κ2) is 6.88. The maximum absolute atomic E-state index is 11.7. The number of nitrogens with one attached hydrogen (secondary N) is 1. The molecule has 0 radical (unpaired) electrons. The van der Waals surface area contributed by atoms with Gasteiger partial charge >= 0.3 is 0 Å². The van der Waals surface area contributed by atoms with Crippen molar-refractivity contribution in [2.75, 3.05) is 20.2 Å². The van der Waals surface area contributed by atoms with E-state index in [1.165, 1.54) is 0 Å². The molecule has 1 aliphatic heterocycles. The van der Waals surface area contributed by atoms with Crippen LogP contribution in [0.25, 0.3) is 0 Å². The van der Waals surface area contributed by atoms with E-state index in [-0.39, 0.29) is 37.1 Å². The number of carbonyl (C=O) groups is 3. The van der Waals surface area contributed by atoms with Gasteiger partial charge in [0.15, 0.2) is 0 Å². The molecular weight excluding hydrogens is 272 g/mol. The lowest BCUT2D eigenvalue weighted by Crippen LogP contribution is -2.40. The van der Waals surface area contributed by atoms with E-state index in [9.17, 15) is 14.4 Å². The minimum atomic E-state index is -0.313. The van der Waals surface area contributed by atoms with Gasteiger partial charge < -0.3 is 10.1 Å². The van der Waals surface area contributed by atoms with Crippen molar-refractivity contribution in [3.8, 4) is 5.75 Å². The second-order valence-corrected chi connectivity index (χ2v) is 4.82. The van der Waals surface area contributed by atoms with Gasteiger partial charge in [-0.25, -0.2) is 0 Å². The Labute approximate surface area is 123 Å². The summed E-state index contributed by atoms with van der Waals surface area (Å²) in [5.41, 5.74) is 1.07.